The van der Waals surface area contributed by atoms with Crippen molar-refractivity contribution < 1.29 is 13.2 Å². The van der Waals surface area contributed by atoms with Gasteiger partial charge in [-0.1, -0.05) is 6.07 Å². The zero-order valence-electron chi connectivity index (χ0n) is 7.55. The molecule has 0 N–H and O–H groups in total. The van der Waals surface area contributed by atoms with Gasteiger partial charge in [0.2, 0.25) is 0 Å². The molecule has 0 unspecified atom stereocenters. The van der Waals surface area contributed by atoms with Crippen LogP contribution in [0.2, 0.25) is 0 Å². The lowest BCUT2D eigenvalue weighted by atomic mass is 10.1. The van der Waals surface area contributed by atoms with Crippen LogP contribution in [-0.4, -0.2) is 4.98 Å². The molecule has 0 aliphatic heterocycles. The van der Waals surface area contributed by atoms with Gasteiger partial charge in [0.05, 0.1) is 5.69 Å². The highest BCUT2D eigenvalue weighted by Gasteiger charge is 2.11. The van der Waals surface area contributed by atoms with Crippen molar-refractivity contribution in [3.8, 4) is 11.3 Å². The van der Waals surface area contributed by atoms with Crippen LogP contribution < -0.4 is 0 Å². The first kappa shape index (κ1) is 9.71. The van der Waals surface area contributed by atoms with Gasteiger partial charge in [0.1, 0.15) is 0 Å². The Labute approximate surface area is 84.2 Å². The van der Waals surface area contributed by atoms with Crippen LogP contribution in [0, 0.1) is 17.5 Å². The number of rotatable bonds is 1. The first-order valence-corrected chi connectivity index (χ1v) is 4.24. The predicted octanol–water partition coefficient (Wildman–Crippen LogP) is 3.17. The lowest BCUT2D eigenvalue weighted by Gasteiger charge is -2.01. The first-order valence-electron chi connectivity index (χ1n) is 4.24. The Balaban J connectivity index is 2.56. The molecule has 1 aromatic heterocycles. The van der Waals surface area contributed by atoms with Crippen LogP contribution in [0.4, 0.5) is 13.2 Å². The molecule has 0 aliphatic rings. The van der Waals surface area contributed by atoms with Gasteiger partial charge in [-0.15, -0.1) is 0 Å². The lowest BCUT2D eigenvalue weighted by molar-refractivity contribution is 0.447. The van der Waals surface area contributed by atoms with Crippen molar-refractivity contribution in [1.82, 2.24) is 4.98 Å². The summed E-state index contributed by atoms with van der Waals surface area (Å²) in [5.74, 6) is -3.89. The largest absolute Gasteiger partial charge is 0.256 e. The van der Waals surface area contributed by atoms with Crippen molar-refractivity contribution in [2.45, 2.75) is 0 Å². The van der Waals surface area contributed by atoms with Gasteiger partial charge in [-0.05, 0) is 24.3 Å². The Kier molecular flexibility index (Phi) is 2.41. The van der Waals surface area contributed by atoms with E-state index in [4.69, 9.17) is 0 Å². The van der Waals surface area contributed by atoms with Crippen LogP contribution >= 0.6 is 0 Å². The van der Waals surface area contributed by atoms with Crippen molar-refractivity contribution in [2.75, 3.05) is 0 Å². The quantitative estimate of drug-likeness (QED) is 0.657. The van der Waals surface area contributed by atoms with Crippen LogP contribution in [-0.2, 0) is 0 Å². The fourth-order valence-electron chi connectivity index (χ4n) is 1.24. The fraction of sp³-hybridized carbons (Fsp3) is 0. The SMILES string of the molecule is Fc1cc(-c2ccccn2)cc(F)c1F. The van der Waals surface area contributed by atoms with E-state index in [9.17, 15) is 13.2 Å². The molecule has 2 aromatic rings. The van der Waals surface area contributed by atoms with Gasteiger partial charge in [0.25, 0.3) is 0 Å². The first-order chi connectivity index (χ1) is 7.18. The van der Waals surface area contributed by atoms with E-state index in [1.807, 2.05) is 0 Å². The number of aromatic nitrogens is 1. The molecule has 2 rings (SSSR count). The van der Waals surface area contributed by atoms with E-state index in [1.54, 1.807) is 18.2 Å². The Hall–Kier alpha value is -1.84. The molecular weight excluding hydrogens is 203 g/mol. The number of halogens is 3. The van der Waals surface area contributed by atoms with E-state index in [0.717, 1.165) is 12.1 Å². The molecule has 0 spiro atoms. The maximum atomic E-state index is 12.9. The third-order valence-corrected chi connectivity index (χ3v) is 1.94. The molecule has 0 radical (unpaired) electrons. The fourth-order valence-corrected chi connectivity index (χ4v) is 1.24. The van der Waals surface area contributed by atoms with E-state index >= 15 is 0 Å². The molecule has 0 saturated heterocycles. The molecule has 1 nitrogen and oxygen atoms in total. The van der Waals surface area contributed by atoms with Gasteiger partial charge in [-0.3, -0.25) is 4.98 Å². The van der Waals surface area contributed by atoms with Crippen molar-refractivity contribution in [1.29, 1.82) is 0 Å². The van der Waals surface area contributed by atoms with Crippen LogP contribution in [0.25, 0.3) is 11.3 Å². The van der Waals surface area contributed by atoms with Crippen molar-refractivity contribution in [3.05, 3.63) is 54.0 Å². The molecular formula is C11H6F3N. The Bertz CT molecular complexity index is 459. The molecule has 15 heavy (non-hydrogen) atoms. The summed E-state index contributed by atoms with van der Waals surface area (Å²) < 4.78 is 38.4. The molecule has 76 valence electrons. The van der Waals surface area contributed by atoms with E-state index < -0.39 is 17.5 Å². The average molecular weight is 209 g/mol. The van der Waals surface area contributed by atoms with Crippen LogP contribution in [0.5, 0.6) is 0 Å². The van der Waals surface area contributed by atoms with Crippen LogP contribution in [0.15, 0.2) is 36.5 Å². The van der Waals surface area contributed by atoms with Gasteiger partial charge in [-0.2, -0.15) is 0 Å². The summed E-state index contributed by atoms with van der Waals surface area (Å²) in [5, 5.41) is 0. The summed E-state index contributed by atoms with van der Waals surface area (Å²) in [6.07, 6.45) is 1.49. The molecule has 1 aromatic carbocycles. The second kappa shape index (κ2) is 3.73. The Morgan fingerprint density at radius 2 is 1.60 bits per heavy atom. The summed E-state index contributed by atoms with van der Waals surface area (Å²) in [6.45, 7) is 0. The van der Waals surface area contributed by atoms with Gasteiger partial charge < -0.3 is 0 Å². The molecule has 0 saturated carbocycles. The van der Waals surface area contributed by atoms with Crippen LogP contribution in [0.1, 0.15) is 0 Å². The van der Waals surface area contributed by atoms with Crippen molar-refractivity contribution in [3.63, 3.8) is 0 Å². The minimum Gasteiger partial charge on any atom is -0.256 e. The van der Waals surface area contributed by atoms with E-state index in [2.05, 4.69) is 4.98 Å². The van der Waals surface area contributed by atoms with E-state index in [1.165, 1.54) is 6.20 Å². The average Bonchev–Trinajstić information content (AvgIpc) is 2.26. The summed E-state index contributed by atoms with van der Waals surface area (Å²) in [4.78, 5) is 3.91. The summed E-state index contributed by atoms with van der Waals surface area (Å²) in [5.41, 5.74) is 0.613. The van der Waals surface area contributed by atoms with Gasteiger partial charge in [0, 0.05) is 11.8 Å². The maximum absolute atomic E-state index is 12.9. The summed E-state index contributed by atoms with van der Waals surface area (Å²) >= 11 is 0. The van der Waals surface area contributed by atoms with E-state index in [0.29, 0.717) is 5.69 Å². The molecule has 0 atom stereocenters. The Morgan fingerprint density at radius 1 is 0.933 bits per heavy atom. The van der Waals surface area contributed by atoms with Crippen LogP contribution in [0.3, 0.4) is 0 Å². The summed E-state index contributed by atoms with van der Waals surface area (Å²) in [6, 6.07) is 6.79. The van der Waals surface area contributed by atoms with Crippen molar-refractivity contribution in [2.24, 2.45) is 0 Å². The smallest absolute Gasteiger partial charge is 0.194 e. The highest BCUT2D eigenvalue weighted by Crippen LogP contribution is 2.21. The molecule has 0 amide bonds. The highest BCUT2D eigenvalue weighted by atomic mass is 19.2. The second-order valence-corrected chi connectivity index (χ2v) is 2.97. The van der Waals surface area contributed by atoms with Crippen molar-refractivity contribution >= 4 is 0 Å². The number of nitrogens with zero attached hydrogens (tertiary/aromatic N) is 1. The number of benzene rings is 1. The standard InChI is InChI=1S/C11H6F3N/c12-8-5-7(6-9(13)11(8)14)10-3-1-2-4-15-10/h1-6H. The summed E-state index contributed by atoms with van der Waals surface area (Å²) in [7, 11) is 0. The third kappa shape index (κ3) is 1.83. The highest BCUT2D eigenvalue weighted by molar-refractivity contribution is 5.58. The van der Waals surface area contributed by atoms with Gasteiger partial charge in [0.15, 0.2) is 17.5 Å². The van der Waals surface area contributed by atoms with Gasteiger partial charge in [-0.25, -0.2) is 13.2 Å². The Morgan fingerprint density at radius 3 is 2.13 bits per heavy atom. The zero-order valence-corrected chi connectivity index (χ0v) is 7.55. The van der Waals surface area contributed by atoms with Gasteiger partial charge >= 0.3 is 0 Å². The molecule has 0 bridgehead atoms. The topological polar surface area (TPSA) is 12.9 Å². The molecule has 4 heteroatoms. The normalized spacial score (nSPS) is 10.3. The van der Waals surface area contributed by atoms with E-state index in [-0.39, 0.29) is 5.56 Å². The minimum absolute atomic E-state index is 0.215. The second-order valence-electron chi connectivity index (χ2n) is 2.97. The lowest BCUT2D eigenvalue weighted by Crippen LogP contribution is -1.92. The number of hydrogen-bond acceptors (Lipinski definition) is 1. The number of pyridine rings is 1. The molecule has 0 aliphatic carbocycles. The number of hydrogen-bond donors (Lipinski definition) is 0. The predicted molar refractivity (Wildman–Crippen MR) is 49.5 cm³/mol. The molecule has 1 heterocycles. The maximum Gasteiger partial charge on any atom is 0.194 e. The minimum atomic E-state index is -1.46. The monoisotopic (exact) mass is 209 g/mol. The third-order valence-electron chi connectivity index (χ3n) is 1.94. The zero-order chi connectivity index (χ0) is 10.8. The molecule has 0 fully saturated rings.